The second kappa shape index (κ2) is 3.73. The van der Waals surface area contributed by atoms with Crippen molar-refractivity contribution in [3.8, 4) is 0 Å². The lowest BCUT2D eigenvalue weighted by molar-refractivity contribution is 0.0142. The summed E-state index contributed by atoms with van der Waals surface area (Å²) in [6, 6.07) is 18.0. The summed E-state index contributed by atoms with van der Waals surface area (Å²) in [4.78, 5) is 2.60. The minimum absolute atomic E-state index is 0.00155. The molecule has 0 aromatic heterocycles. The van der Waals surface area contributed by atoms with Crippen molar-refractivity contribution in [3.63, 3.8) is 0 Å². The molecule has 0 amide bonds. The Morgan fingerprint density at radius 3 is 1.75 bits per heavy atom. The quantitative estimate of drug-likeness (QED) is 0.699. The van der Waals surface area contributed by atoms with Crippen LogP contribution in [0.15, 0.2) is 48.5 Å². The van der Waals surface area contributed by atoms with E-state index in [0.29, 0.717) is 0 Å². The first kappa shape index (κ1) is 12.2. The molecule has 1 nitrogen and oxygen atoms in total. The van der Waals surface area contributed by atoms with Crippen LogP contribution in [0.4, 0.5) is 0 Å². The topological polar surface area (TPSA) is 3.24 Å². The fraction of sp³-hybridized carbons (Fsp3) is 0.368. The van der Waals surface area contributed by atoms with Gasteiger partial charge in [0.2, 0.25) is 0 Å². The number of likely N-dealkylation sites (N-methyl/N-ethyl adjacent to an activating group) is 1. The third-order valence-electron chi connectivity index (χ3n) is 5.71. The molecule has 20 heavy (non-hydrogen) atoms. The molecule has 2 aromatic carbocycles. The van der Waals surface area contributed by atoms with Gasteiger partial charge < -0.3 is 0 Å². The van der Waals surface area contributed by atoms with Crippen LogP contribution >= 0.6 is 0 Å². The number of hydrogen-bond acceptors (Lipinski definition) is 1. The molecule has 2 aromatic rings. The van der Waals surface area contributed by atoms with Crippen molar-refractivity contribution >= 4 is 0 Å². The van der Waals surface area contributed by atoms with E-state index in [4.69, 9.17) is 0 Å². The number of hydrogen-bond donors (Lipinski definition) is 0. The molecule has 2 heterocycles. The zero-order valence-corrected chi connectivity index (χ0v) is 12.5. The van der Waals surface area contributed by atoms with Crippen molar-refractivity contribution in [1.82, 2.24) is 4.90 Å². The lowest BCUT2D eigenvalue weighted by Crippen LogP contribution is -2.63. The maximum Gasteiger partial charge on any atom is 0.0694 e. The Bertz CT molecular complexity index is 636. The van der Waals surface area contributed by atoms with Crippen molar-refractivity contribution < 1.29 is 0 Å². The van der Waals surface area contributed by atoms with Gasteiger partial charge in [-0.05, 0) is 56.0 Å². The van der Waals surface area contributed by atoms with Gasteiger partial charge in [0, 0.05) is 5.54 Å². The van der Waals surface area contributed by atoms with Crippen LogP contribution < -0.4 is 0 Å². The Balaban J connectivity index is 2.09. The molecule has 1 heteroatoms. The molecule has 0 saturated carbocycles. The average Bonchev–Trinajstić information content (AvgIpc) is 2.44. The van der Waals surface area contributed by atoms with Gasteiger partial charge in [-0.15, -0.1) is 0 Å². The van der Waals surface area contributed by atoms with Crippen molar-refractivity contribution in [1.29, 1.82) is 0 Å². The predicted molar refractivity (Wildman–Crippen MR) is 82.9 cm³/mol. The van der Waals surface area contributed by atoms with Crippen LogP contribution in [0.5, 0.6) is 0 Å². The molecule has 0 radical (unpaired) electrons. The van der Waals surface area contributed by atoms with Gasteiger partial charge in [0.25, 0.3) is 0 Å². The molecule has 2 bridgehead atoms. The van der Waals surface area contributed by atoms with E-state index < -0.39 is 0 Å². The van der Waals surface area contributed by atoms with Crippen LogP contribution in [0.1, 0.15) is 36.1 Å². The maximum absolute atomic E-state index is 2.60. The third-order valence-corrected chi connectivity index (χ3v) is 5.71. The first-order valence-electron chi connectivity index (χ1n) is 7.46. The van der Waals surface area contributed by atoms with Crippen LogP contribution in [0.3, 0.4) is 0 Å². The fourth-order valence-electron chi connectivity index (χ4n) is 4.47. The van der Waals surface area contributed by atoms with E-state index in [1.165, 1.54) is 22.3 Å². The molecule has 0 aliphatic carbocycles. The number of rotatable bonds is 0. The van der Waals surface area contributed by atoms with Crippen LogP contribution in [0.25, 0.3) is 0 Å². The first-order valence-corrected chi connectivity index (χ1v) is 7.46. The Labute approximate surface area is 121 Å². The summed E-state index contributed by atoms with van der Waals surface area (Å²) in [5, 5.41) is 0. The molecular weight excluding hydrogens is 242 g/mol. The molecule has 4 rings (SSSR count). The standard InChI is InChI=1S/C19H21N/c1-18-12-14-8-4-6-10-16(14)19(2,20(18)3)17-11-7-5-9-15(17)13-18/h4-11H,12-13H2,1-3H3. The van der Waals surface area contributed by atoms with Crippen molar-refractivity contribution in [2.24, 2.45) is 0 Å². The molecule has 2 aliphatic heterocycles. The monoisotopic (exact) mass is 263 g/mol. The minimum Gasteiger partial charge on any atom is -0.287 e. The predicted octanol–water partition coefficient (Wildman–Crippen LogP) is 3.75. The molecule has 102 valence electrons. The highest BCUT2D eigenvalue weighted by Crippen LogP contribution is 2.51. The second-order valence-corrected chi connectivity index (χ2v) is 6.80. The summed E-state index contributed by atoms with van der Waals surface area (Å²) in [6.07, 6.45) is 2.28. The summed E-state index contributed by atoms with van der Waals surface area (Å²) in [5.74, 6) is 0. The van der Waals surface area contributed by atoms with Crippen LogP contribution in [-0.2, 0) is 18.4 Å². The van der Waals surface area contributed by atoms with Gasteiger partial charge in [0.15, 0.2) is 0 Å². The molecule has 0 unspecified atom stereocenters. The van der Waals surface area contributed by atoms with Gasteiger partial charge in [-0.2, -0.15) is 0 Å². The van der Waals surface area contributed by atoms with E-state index in [1.807, 2.05) is 0 Å². The van der Waals surface area contributed by atoms with Gasteiger partial charge in [0.1, 0.15) is 0 Å². The summed E-state index contributed by atoms with van der Waals surface area (Å²) < 4.78 is 0. The molecule has 0 atom stereocenters. The number of nitrogens with zero attached hydrogens (tertiary/aromatic N) is 1. The summed E-state index contributed by atoms with van der Waals surface area (Å²) in [7, 11) is 2.30. The van der Waals surface area contributed by atoms with E-state index >= 15 is 0 Å². The van der Waals surface area contributed by atoms with E-state index in [2.05, 4.69) is 74.3 Å². The van der Waals surface area contributed by atoms with Crippen LogP contribution in [0, 0.1) is 0 Å². The largest absolute Gasteiger partial charge is 0.287 e. The Morgan fingerprint density at radius 2 is 1.25 bits per heavy atom. The number of fused-ring (bicyclic) bond motifs is 6. The highest BCUT2D eigenvalue weighted by molar-refractivity contribution is 5.52. The fourth-order valence-corrected chi connectivity index (χ4v) is 4.47. The lowest BCUT2D eigenvalue weighted by Gasteiger charge is -2.58. The maximum atomic E-state index is 2.60. The molecular formula is C19H21N. The molecule has 0 saturated heterocycles. The SMILES string of the molecule is CN1C2(C)Cc3ccccc3C1(C)c1ccccc1C2. The normalized spacial score (nSPS) is 31.6. The van der Waals surface area contributed by atoms with Crippen LogP contribution in [-0.4, -0.2) is 17.5 Å². The van der Waals surface area contributed by atoms with Crippen LogP contribution in [0.2, 0.25) is 0 Å². The number of benzene rings is 2. The van der Waals surface area contributed by atoms with Gasteiger partial charge in [-0.1, -0.05) is 48.5 Å². The first-order chi connectivity index (χ1) is 9.56. The summed E-state index contributed by atoms with van der Waals surface area (Å²) in [5.41, 5.74) is 6.21. The van der Waals surface area contributed by atoms with Crippen molar-refractivity contribution in [2.45, 2.75) is 37.8 Å². The Hall–Kier alpha value is -1.60. The molecule has 0 fully saturated rings. The van der Waals surface area contributed by atoms with Crippen molar-refractivity contribution in [2.75, 3.05) is 7.05 Å². The Morgan fingerprint density at radius 1 is 0.800 bits per heavy atom. The van der Waals surface area contributed by atoms with Crippen molar-refractivity contribution in [3.05, 3.63) is 70.8 Å². The zero-order valence-electron chi connectivity index (χ0n) is 12.5. The average molecular weight is 263 g/mol. The highest BCUT2D eigenvalue weighted by Gasteiger charge is 2.52. The lowest BCUT2D eigenvalue weighted by atomic mass is 9.64. The van der Waals surface area contributed by atoms with Gasteiger partial charge in [0.05, 0.1) is 5.54 Å². The Kier molecular flexibility index (Phi) is 2.27. The second-order valence-electron chi connectivity index (χ2n) is 6.80. The van der Waals surface area contributed by atoms with E-state index in [9.17, 15) is 0 Å². The highest BCUT2D eigenvalue weighted by atomic mass is 15.3. The molecule has 0 spiro atoms. The summed E-state index contributed by atoms with van der Waals surface area (Å²) in [6.45, 7) is 4.80. The zero-order chi connectivity index (χ0) is 14.0. The van der Waals surface area contributed by atoms with Gasteiger partial charge in [-0.3, -0.25) is 4.90 Å². The molecule has 2 aliphatic rings. The smallest absolute Gasteiger partial charge is 0.0694 e. The summed E-state index contributed by atoms with van der Waals surface area (Å²) >= 11 is 0. The van der Waals surface area contributed by atoms with E-state index in [-0.39, 0.29) is 11.1 Å². The molecule has 0 N–H and O–H groups in total. The van der Waals surface area contributed by atoms with Gasteiger partial charge in [-0.25, -0.2) is 0 Å². The minimum atomic E-state index is -0.00155. The third kappa shape index (κ3) is 1.31. The van der Waals surface area contributed by atoms with Gasteiger partial charge >= 0.3 is 0 Å². The van der Waals surface area contributed by atoms with E-state index in [1.54, 1.807) is 0 Å². The van der Waals surface area contributed by atoms with E-state index in [0.717, 1.165) is 12.8 Å².